The summed E-state index contributed by atoms with van der Waals surface area (Å²) < 4.78 is 53.8. The van der Waals surface area contributed by atoms with Gasteiger partial charge in [0.2, 0.25) is 17.7 Å². The number of carbonyl (C=O) groups excluding carboxylic acids is 3. The summed E-state index contributed by atoms with van der Waals surface area (Å²) in [6.45, 7) is 10.1. The fraction of sp³-hybridized carbons (Fsp3) is 0.375. The molecule has 5 rings (SSSR count). The van der Waals surface area contributed by atoms with Crippen molar-refractivity contribution >= 4 is 50.3 Å². The number of nitrogens with one attached hydrogen (secondary N) is 2. The molecule has 0 spiro atoms. The number of ether oxygens (including phenoxy) is 2. The Balaban J connectivity index is 1.47. The molecule has 2 N–H and O–H groups in total. The first-order valence-corrected chi connectivity index (χ1v) is 15.4. The minimum Gasteiger partial charge on any atom is -0.444 e. The van der Waals surface area contributed by atoms with Crippen LogP contribution in [-0.2, 0) is 20.5 Å². The molecule has 0 radical (unpaired) electrons. The molecule has 47 heavy (non-hydrogen) atoms. The van der Waals surface area contributed by atoms with Gasteiger partial charge in [0.25, 0.3) is 0 Å². The van der Waals surface area contributed by atoms with Crippen molar-refractivity contribution in [3.63, 3.8) is 0 Å². The Hall–Kier alpha value is -4.79. The monoisotopic (exact) mass is 670 g/mol. The lowest BCUT2D eigenvalue weighted by molar-refractivity contribution is -0.137. The number of para-hydroxylation sites is 1. The lowest BCUT2D eigenvalue weighted by atomic mass is 10.0. The number of aromatic nitrogens is 3. The van der Waals surface area contributed by atoms with E-state index in [-0.39, 0.29) is 35.2 Å². The summed E-state index contributed by atoms with van der Waals surface area (Å²) in [6, 6.07) is 8.55. The molecule has 1 fully saturated rings. The number of hydrogen-bond acceptors (Lipinski definition) is 9. The first kappa shape index (κ1) is 33.6. The number of fused-ring (bicyclic) bond motifs is 1. The zero-order chi connectivity index (χ0) is 34.3. The highest BCUT2D eigenvalue weighted by atomic mass is 32.1. The average Bonchev–Trinajstić information content (AvgIpc) is 3.51. The lowest BCUT2D eigenvalue weighted by Crippen LogP contribution is -2.52. The fourth-order valence-corrected chi connectivity index (χ4v) is 6.15. The summed E-state index contributed by atoms with van der Waals surface area (Å²) in [4.78, 5) is 52.5. The zero-order valence-corrected chi connectivity index (χ0v) is 27.3. The molecule has 3 amide bonds. The number of likely N-dealkylation sites (tertiary alicyclic amines) is 1. The number of thiazole rings is 1. The third-order valence-electron chi connectivity index (χ3n) is 7.29. The number of benzene rings is 2. The van der Waals surface area contributed by atoms with Gasteiger partial charge in [-0.2, -0.15) is 13.2 Å². The molecule has 0 aliphatic carbocycles. The molecule has 1 aliphatic rings. The molecule has 15 heteroatoms. The predicted molar refractivity (Wildman–Crippen MR) is 170 cm³/mol. The van der Waals surface area contributed by atoms with Gasteiger partial charge in [-0.3, -0.25) is 14.5 Å². The third-order valence-corrected chi connectivity index (χ3v) is 8.22. The van der Waals surface area contributed by atoms with Crippen LogP contribution in [0.3, 0.4) is 0 Å². The average molecular weight is 671 g/mol. The summed E-state index contributed by atoms with van der Waals surface area (Å²) in [6.07, 6.45) is -3.45. The summed E-state index contributed by atoms with van der Waals surface area (Å²) in [7, 11) is 0. The molecule has 3 heterocycles. The van der Waals surface area contributed by atoms with Crippen LogP contribution in [0.15, 0.2) is 48.8 Å². The van der Waals surface area contributed by atoms with Crippen molar-refractivity contribution in [1.82, 2.24) is 19.9 Å². The van der Waals surface area contributed by atoms with Crippen LogP contribution in [0, 0.1) is 0 Å². The Morgan fingerprint density at radius 3 is 2.47 bits per heavy atom. The molecule has 11 nitrogen and oxygen atoms in total. The van der Waals surface area contributed by atoms with Crippen LogP contribution in [0.4, 0.5) is 28.8 Å². The zero-order valence-electron chi connectivity index (χ0n) is 26.5. The number of nitrogens with zero attached hydrogens (tertiary/aromatic N) is 4. The molecule has 248 valence electrons. The highest BCUT2D eigenvalue weighted by molar-refractivity contribution is 7.22. The number of rotatable bonds is 6. The molecule has 0 saturated carbocycles. The summed E-state index contributed by atoms with van der Waals surface area (Å²) in [5, 5.41) is 5.65. The number of carbonyl (C=O) groups is 3. The van der Waals surface area contributed by atoms with E-state index >= 15 is 0 Å². The molecule has 4 aromatic rings. The van der Waals surface area contributed by atoms with Crippen LogP contribution < -0.4 is 15.4 Å². The van der Waals surface area contributed by atoms with E-state index in [9.17, 15) is 27.6 Å². The first-order valence-electron chi connectivity index (χ1n) is 14.6. The maximum absolute atomic E-state index is 13.8. The highest BCUT2D eigenvalue weighted by Gasteiger charge is 2.47. The van der Waals surface area contributed by atoms with Crippen molar-refractivity contribution in [2.24, 2.45) is 0 Å². The standard InChI is InChI=1S/C32H33F3N6O5S/c1-17(42)38-28-40-26-23(8-7-9-24(26)47-28)45-25-15-20(36-16-37-25)19-11-10-18(32(33,34)35)14-21(19)39-27(43)22-12-13-31(5,6)41(22)29(44)46-30(2,3)4/h7-11,14-16,22H,12-13H2,1-6H3,(H,39,43)(H,38,40,42). The molecule has 1 atom stereocenters. The maximum atomic E-state index is 13.8. The fourth-order valence-electron chi connectivity index (χ4n) is 5.22. The Bertz CT molecular complexity index is 1850. The van der Waals surface area contributed by atoms with E-state index in [2.05, 4.69) is 25.6 Å². The van der Waals surface area contributed by atoms with Gasteiger partial charge in [0.15, 0.2) is 10.9 Å². The highest BCUT2D eigenvalue weighted by Crippen LogP contribution is 2.40. The largest absolute Gasteiger partial charge is 0.444 e. The van der Waals surface area contributed by atoms with Gasteiger partial charge in [-0.05, 0) is 71.7 Å². The SMILES string of the molecule is CC(=O)Nc1nc2c(Oc3cc(-c4ccc(C(F)(F)F)cc4NC(=O)C4CCC(C)(C)N4C(=O)OC(C)(C)C)ncn3)cccc2s1. The van der Waals surface area contributed by atoms with Crippen LogP contribution in [0.5, 0.6) is 11.6 Å². The van der Waals surface area contributed by atoms with Gasteiger partial charge in [0, 0.05) is 24.1 Å². The van der Waals surface area contributed by atoms with E-state index in [0.717, 1.165) is 16.8 Å². The van der Waals surface area contributed by atoms with E-state index in [1.165, 1.54) is 41.6 Å². The van der Waals surface area contributed by atoms with Gasteiger partial charge in [0.05, 0.1) is 21.6 Å². The first-order chi connectivity index (χ1) is 21.9. The molecule has 2 aromatic carbocycles. The normalized spacial score (nSPS) is 16.2. The third kappa shape index (κ3) is 7.62. The number of alkyl halides is 3. The van der Waals surface area contributed by atoms with Gasteiger partial charge in [-0.25, -0.2) is 19.7 Å². The van der Waals surface area contributed by atoms with Crippen molar-refractivity contribution in [3.8, 4) is 22.9 Å². The second-order valence-electron chi connectivity index (χ2n) is 12.6. The Morgan fingerprint density at radius 1 is 1.04 bits per heavy atom. The van der Waals surface area contributed by atoms with Crippen molar-refractivity contribution in [2.75, 3.05) is 10.6 Å². The van der Waals surface area contributed by atoms with E-state index in [1.807, 2.05) is 6.07 Å². The van der Waals surface area contributed by atoms with Gasteiger partial charge >= 0.3 is 12.3 Å². The molecule has 1 unspecified atom stereocenters. The second kappa shape index (κ2) is 12.4. The van der Waals surface area contributed by atoms with Crippen LogP contribution >= 0.6 is 11.3 Å². The summed E-state index contributed by atoms with van der Waals surface area (Å²) in [5.41, 5.74) is -1.90. The second-order valence-corrected chi connectivity index (χ2v) is 13.6. The molecule has 0 bridgehead atoms. The molecule has 2 aromatic heterocycles. The quantitative estimate of drug-likeness (QED) is 0.214. The summed E-state index contributed by atoms with van der Waals surface area (Å²) >= 11 is 1.26. The topological polar surface area (TPSA) is 136 Å². The van der Waals surface area contributed by atoms with Crippen LogP contribution in [0.2, 0.25) is 0 Å². The molecule has 1 aliphatic heterocycles. The van der Waals surface area contributed by atoms with Gasteiger partial charge < -0.3 is 20.1 Å². The number of hydrogen-bond donors (Lipinski definition) is 2. The van der Waals surface area contributed by atoms with Crippen molar-refractivity contribution < 1.29 is 37.0 Å². The number of amides is 3. The van der Waals surface area contributed by atoms with Gasteiger partial charge in [-0.15, -0.1) is 0 Å². The van der Waals surface area contributed by atoms with Gasteiger partial charge in [0.1, 0.15) is 23.5 Å². The smallest absolute Gasteiger partial charge is 0.416 e. The van der Waals surface area contributed by atoms with E-state index in [4.69, 9.17) is 9.47 Å². The maximum Gasteiger partial charge on any atom is 0.416 e. The molecular weight excluding hydrogens is 637 g/mol. The minimum absolute atomic E-state index is 0.0578. The van der Waals surface area contributed by atoms with E-state index in [1.54, 1.807) is 46.8 Å². The number of anilines is 2. The van der Waals surface area contributed by atoms with Gasteiger partial charge in [-0.1, -0.05) is 23.5 Å². The lowest BCUT2D eigenvalue weighted by Gasteiger charge is -2.36. The van der Waals surface area contributed by atoms with E-state index in [0.29, 0.717) is 22.8 Å². The predicted octanol–water partition coefficient (Wildman–Crippen LogP) is 7.64. The minimum atomic E-state index is -4.70. The van der Waals surface area contributed by atoms with Crippen LogP contribution in [-0.4, -0.2) is 54.9 Å². The number of halogens is 3. The molecular formula is C32H33F3N6O5S. The Morgan fingerprint density at radius 2 is 1.79 bits per heavy atom. The van der Waals surface area contributed by atoms with Crippen LogP contribution in [0.25, 0.3) is 21.5 Å². The van der Waals surface area contributed by atoms with Crippen molar-refractivity contribution in [1.29, 1.82) is 0 Å². The van der Waals surface area contributed by atoms with E-state index < -0.39 is 40.9 Å². The molecule has 1 saturated heterocycles. The Labute approximate surface area is 272 Å². The van der Waals surface area contributed by atoms with Crippen molar-refractivity contribution in [2.45, 2.75) is 77.7 Å². The van der Waals surface area contributed by atoms with Crippen molar-refractivity contribution in [3.05, 3.63) is 54.4 Å². The van der Waals surface area contributed by atoms with Crippen LogP contribution in [0.1, 0.15) is 59.9 Å². The summed E-state index contributed by atoms with van der Waals surface area (Å²) in [5.74, 6) is -0.562. The Kier molecular flexibility index (Phi) is 8.88.